The number of aliphatic hydroxyl groups excluding tert-OH is 5. The molecule has 0 radical (unpaired) electrons. The average molecular weight is 913 g/mol. The number of phosphoric acid groups is 1. The number of hydrogen-bond donors (Lipinski definition) is 6. The van der Waals surface area contributed by atoms with Crippen LogP contribution in [0.1, 0.15) is 181 Å². The van der Waals surface area contributed by atoms with Crippen LogP contribution in [0.5, 0.6) is 0 Å². The highest BCUT2D eigenvalue weighted by atomic mass is 31.2. The first-order valence-corrected chi connectivity index (χ1v) is 25.6. The van der Waals surface area contributed by atoms with Gasteiger partial charge in [0.05, 0.1) is 6.61 Å². The van der Waals surface area contributed by atoms with E-state index < -0.39 is 75.7 Å². The molecule has 14 heteroatoms. The van der Waals surface area contributed by atoms with Crippen LogP contribution >= 0.6 is 7.82 Å². The molecule has 364 valence electrons. The average Bonchev–Trinajstić information content (AvgIpc) is 3.26. The number of esters is 2. The number of aliphatic hydroxyl groups is 5. The van der Waals surface area contributed by atoms with Gasteiger partial charge in [0.2, 0.25) is 0 Å². The van der Waals surface area contributed by atoms with Crippen molar-refractivity contribution in [2.45, 2.75) is 224 Å². The molecular formula is C49H85O13P. The second-order valence-electron chi connectivity index (χ2n) is 16.6. The summed E-state index contributed by atoms with van der Waals surface area (Å²) in [7, 11) is -5.13. The summed E-state index contributed by atoms with van der Waals surface area (Å²) in [5.74, 6) is -1.13. The zero-order valence-corrected chi connectivity index (χ0v) is 39.5. The van der Waals surface area contributed by atoms with Crippen LogP contribution in [0.4, 0.5) is 0 Å². The lowest BCUT2D eigenvalue weighted by Gasteiger charge is -2.41. The van der Waals surface area contributed by atoms with Gasteiger partial charge in [0.25, 0.3) is 0 Å². The number of phosphoric ester groups is 1. The van der Waals surface area contributed by atoms with E-state index in [2.05, 4.69) is 74.6 Å². The Balaban J connectivity index is 2.46. The van der Waals surface area contributed by atoms with E-state index >= 15 is 0 Å². The monoisotopic (exact) mass is 913 g/mol. The maximum Gasteiger partial charge on any atom is 0.472 e. The van der Waals surface area contributed by atoms with E-state index in [1.807, 2.05) is 0 Å². The van der Waals surface area contributed by atoms with Crippen LogP contribution in [0.2, 0.25) is 0 Å². The number of carbonyl (C=O) groups is 2. The number of hydrogen-bond acceptors (Lipinski definition) is 12. The van der Waals surface area contributed by atoms with Gasteiger partial charge in [0, 0.05) is 12.8 Å². The molecule has 1 saturated carbocycles. The molecule has 0 aliphatic heterocycles. The molecule has 6 atom stereocenters. The molecule has 6 N–H and O–H groups in total. The maximum atomic E-state index is 12.8. The Hall–Kier alpha value is -2.45. The number of rotatable bonds is 39. The van der Waals surface area contributed by atoms with Crippen LogP contribution in [0.3, 0.4) is 0 Å². The molecule has 0 aromatic heterocycles. The Labute approximate surface area is 379 Å². The molecule has 13 nitrogen and oxygen atoms in total. The molecule has 63 heavy (non-hydrogen) atoms. The van der Waals surface area contributed by atoms with Crippen LogP contribution in [0, 0.1) is 0 Å². The number of carbonyl (C=O) groups excluding carboxylic acids is 2. The van der Waals surface area contributed by atoms with Crippen molar-refractivity contribution in [2.75, 3.05) is 13.2 Å². The number of allylic oxidation sites excluding steroid dienone is 10. The molecule has 0 aromatic carbocycles. The fraction of sp³-hybridized carbons (Fsp3) is 0.755. The first-order valence-electron chi connectivity index (χ1n) is 24.1. The summed E-state index contributed by atoms with van der Waals surface area (Å²) in [5.41, 5.74) is 0. The Morgan fingerprint density at radius 3 is 1.40 bits per heavy atom. The van der Waals surface area contributed by atoms with Crippen molar-refractivity contribution in [2.24, 2.45) is 0 Å². The van der Waals surface area contributed by atoms with E-state index in [0.29, 0.717) is 12.8 Å². The molecule has 0 heterocycles. The third-order valence-electron chi connectivity index (χ3n) is 10.8. The highest BCUT2D eigenvalue weighted by Crippen LogP contribution is 2.47. The highest BCUT2D eigenvalue weighted by Gasteiger charge is 2.51. The molecule has 0 amide bonds. The standard InChI is InChI=1S/C49H85O13P/c1-3-5-7-9-11-13-15-17-19-21-23-25-27-29-31-33-35-37-42(50)59-39-41(40-60-63(57,58)62-49-47(55)45(53)44(52)46(54)48(49)56)61-43(51)38-36-34-32-30-28-26-24-22-20-18-16-14-12-10-8-6-4-2/h6,8,12,14,17-20,24,26,41,44-49,52-56H,3-5,7,9-11,13,15-16,21-23,25,27-40H2,1-2H3,(H,57,58). The topological polar surface area (TPSA) is 210 Å². The summed E-state index contributed by atoms with van der Waals surface area (Å²) >= 11 is 0. The van der Waals surface area contributed by atoms with E-state index in [9.17, 15) is 44.6 Å². The molecular weight excluding hydrogens is 828 g/mol. The van der Waals surface area contributed by atoms with Crippen LogP contribution < -0.4 is 0 Å². The van der Waals surface area contributed by atoms with Gasteiger partial charge in [-0.05, 0) is 77.0 Å². The minimum absolute atomic E-state index is 0.0657. The lowest BCUT2D eigenvalue weighted by molar-refractivity contribution is -0.220. The first kappa shape index (κ1) is 58.6. The fourth-order valence-electron chi connectivity index (χ4n) is 6.98. The van der Waals surface area contributed by atoms with Crippen LogP contribution in [0.15, 0.2) is 60.8 Å². The predicted octanol–water partition coefficient (Wildman–Crippen LogP) is 9.73. The maximum absolute atomic E-state index is 12.8. The van der Waals surface area contributed by atoms with Gasteiger partial charge in [-0.25, -0.2) is 4.57 Å². The van der Waals surface area contributed by atoms with E-state index in [0.717, 1.165) is 83.5 Å². The Kier molecular flexibility index (Phi) is 36.1. The minimum Gasteiger partial charge on any atom is -0.462 e. The van der Waals surface area contributed by atoms with Gasteiger partial charge in [-0.1, -0.05) is 152 Å². The quantitative estimate of drug-likeness (QED) is 0.0147. The second kappa shape index (κ2) is 38.8. The molecule has 1 aliphatic carbocycles. The summed E-state index contributed by atoms with van der Waals surface area (Å²) in [6.45, 7) is 3.16. The van der Waals surface area contributed by atoms with E-state index in [4.69, 9.17) is 18.5 Å². The van der Waals surface area contributed by atoms with E-state index in [-0.39, 0.29) is 12.8 Å². The minimum atomic E-state index is -5.13. The SMILES string of the molecule is CCC=CCC=CCC=CCC=CCCCCCCC(=O)OC(COC(=O)CCCCCCCCCC=CCCCCCCCC)COP(=O)(O)OC1C(O)C(O)C(O)C(O)C1O. The van der Waals surface area contributed by atoms with E-state index in [1.165, 1.54) is 57.8 Å². The largest absolute Gasteiger partial charge is 0.472 e. The molecule has 1 rings (SSSR count). The first-order chi connectivity index (χ1) is 30.4. The molecule has 0 aromatic rings. The van der Waals surface area contributed by atoms with Gasteiger partial charge < -0.3 is 39.9 Å². The smallest absolute Gasteiger partial charge is 0.462 e. The van der Waals surface area contributed by atoms with Crippen LogP contribution in [-0.4, -0.2) is 98.3 Å². The van der Waals surface area contributed by atoms with Gasteiger partial charge in [0.1, 0.15) is 43.2 Å². The third-order valence-corrected chi connectivity index (χ3v) is 11.8. The van der Waals surface area contributed by atoms with Gasteiger partial charge in [-0.3, -0.25) is 18.6 Å². The van der Waals surface area contributed by atoms with Crippen molar-refractivity contribution < 1.29 is 63.1 Å². The van der Waals surface area contributed by atoms with Gasteiger partial charge in [-0.2, -0.15) is 0 Å². The summed E-state index contributed by atoms with van der Waals surface area (Å²) in [4.78, 5) is 35.8. The summed E-state index contributed by atoms with van der Waals surface area (Å²) in [6.07, 6.45) is 34.1. The summed E-state index contributed by atoms with van der Waals surface area (Å²) in [5, 5.41) is 50.2. The third kappa shape index (κ3) is 31.2. The van der Waals surface area contributed by atoms with Gasteiger partial charge in [0.15, 0.2) is 6.10 Å². The van der Waals surface area contributed by atoms with E-state index in [1.54, 1.807) is 0 Å². The zero-order valence-electron chi connectivity index (χ0n) is 38.6. The Morgan fingerprint density at radius 2 is 0.905 bits per heavy atom. The molecule has 0 spiro atoms. The highest BCUT2D eigenvalue weighted by molar-refractivity contribution is 7.47. The van der Waals surface area contributed by atoms with Crippen molar-refractivity contribution in [1.29, 1.82) is 0 Å². The lowest BCUT2D eigenvalue weighted by atomic mass is 9.85. The Bertz CT molecular complexity index is 1330. The van der Waals surface area contributed by atoms with Crippen molar-refractivity contribution in [1.82, 2.24) is 0 Å². The normalized spacial score (nSPS) is 22.2. The van der Waals surface area contributed by atoms with Gasteiger partial charge in [-0.15, -0.1) is 0 Å². The summed E-state index contributed by atoms with van der Waals surface area (Å²) in [6, 6.07) is 0. The summed E-state index contributed by atoms with van der Waals surface area (Å²) < 4.78 is 33.5. The van der Waals surface area contributed by atoms with Gasteiger partial charge >= 0.3 is 19.8 Å². The number of unbranched alkanes of at least 4 members (excludes halogenated alkanes) is 17. The van der Waals surface area contributed by atoms with Crippen molar-refractivity contribution in [3.63, 3.8) is 0 Å². The Morgan fingerprint density at radius 1 is 0.508 bits per heavy atom. The van der Waals surface area contributed by atoms with Crippen LogP contribution in [0.25, 0.3) is 0 Å². The molecule has 0 saturated heterocycles. The zero-order chi connectivity index (χ0) is 46.4. The van der Waals surface area contributed by atoms with Crippen molar-refractivity contribution in [3.8, 4) is 0 Å². The molecule has 1 aliphatic rings. The van der Waals surface area contributed by atoms with Crippen LogP contribution in [-0.2, 0) is 32.7 Å². The lowest BCUT2D eigenvalue weighted by Crippen LogP contribution is -2.64. The number of ether oxygens (including phenoxy) is 2. The fourth-order valence-corrected chi connectivity index (χ4v) is 7.95. The van der Waals surface area contributed by atoms with Crippen molar-refractivity contribution in [3.05, 3.63) is 60.8 Å². The molecule has 0 bridgehead atoms. The van der Waals surface area contributed by atoms with Crippen molar-refractivity contribution >= 4 is 19.8 Å². The predicted molar refractivity (Wildman–Crippen MR) is 249 cm³/mol. The molecule has 6 unspecified atom stereocenters. The second-order valence-corrected chi connectivity index (χ2v) is 18.0. The molecule has 1 fully saturated rings.